The molecule has 96 valence electrons. The van der Waals surface area contributed by atoms with Gasteiger partial charge in [-0.05, 0) is 6.42 Å². The first kappa shape index (κ1) is 15.3. The number of quaternary nitrogens is 1. The second-order valence-electron chi connectivity index (χ2n) is 4.52. The van der Waals surface area contributed by atoms with Crippen molar-refractivity contribution in [3.05, 3.63) is 0 Å². The number of nitrogens with zero attached hydrogens (tertiary/aromatic N) is 1. The minimum Gasteiger partial charge on any atom is -0.475 e. The van der Waals surface area contributed by atoms with Crippen LogP contribution >= 0.6 is 0 Å². The van der Waals surface area contributed by atoms with E-state index in [1.165, 1.54) is 21.1 Å². The number of hydrogen-bond acceptors (Lipinski definition) is 4. The van der Waals surface area contributed by atoms with E-state index in [2.05, 4.69) is 0 Å². The molecular formula is C8H18NO6S+. The zero-order valence-electron chi connectivity index (χ0n) is 9.54. The van der Waals surface area contributed by atoms with Gasteiger partial charge in [-0.15, -0.1) is 0 Å². The van der Waals surface area contributed by atoms with E-state index in [1.54, 1.807) is 0 Å². The Morgan fingerprint density at radius 2 is 1.75 bits per heavy atom. The van der Waals surface area contributed by atoms with Crippen molar-refractivity contribution >= 4 is 16.1 Å². The Labute approximate surface area is 94.6 Å². The summed E-state index contributed by atoms with van der Waals surface area (Å²) >= 11 is 0. The molecule has 0 fully saturated rings. The molecule has 0 aliphatic rings. The molecule has 1 unspecified atom stereocenters. The third kappa shape index (κ3) is 4.05. The molecule has 0 saturated carbocycles. The molecule has 0 aromatic rings. The van der Waals surface area contributed by atoms with Crippen molar-refractivity contribution < 1.29 is 32.5 Å². The molecule has 0 aliphatic carbocycles. The molecule has 0 rings (SSSR count). The molecule has 0 aromatic carbocycles. The molecule has 0 aromatic heterocycles. The average molecular weight is 256 g/mol. The van der Waals surface area contributed by atoms with Gasteiger partial charge in [0.1, 0.15) is 0 Å². The lowest BCUT2D eigenvalue weighted by Gasteiger charge is -2.38. The first-order valence-electron chi connectivity index (χ1n) is 4.62. The summed E-state index contributed by atoms with van der Waals surface area (Å²) in [5.41, 5.74) is -2.06. The van der Waals surface area contributed by atoms with E-state index in [-0.39, 0.29) is 17.3 Å². The van der Waals surface area contributed by atoms with Gasteiger partial charge in [-0.2, -0.15) is 8.42 Å². The maximum Gasteiger partial charge on any atom is 0.395 e. The largest absolute Gasteiger partial charge is 0.475 e. The fourth-order valence-corrected chi connectivity index (χ4v) is 1.74. The first-order chi connectivity index (χ1) is 6.90. The standard InChI is InChI=1S/C8H17NO6S/c1-9(2,3)8(12,7(10)11)5-4-6-16(13,14)15/h12H,4-6H2,1-3H3,(H-,10,11,13,14,15)/p+1. The highest BCUT2D eigenvalue weighted by Gasteiger charge is 2.48. The molecule has 0 amide bonds. The maximum absolute atomic E-state index is 10.9. The van der Waals surface area contributed by atoms with Gasteiger partial charge in [0.05, 0.1) is 26.9 Å². The first-order valence-corrected chi connectivity index (χ1v) is 6.23. The fraction of sp³-hybridized carbons (Fsp3) is 0.875. The minimum absolute atomic E-state index is 0.128. The molecule has 0 bridgehead atoms. The van der Waals surface area contributed by atoms with Gasteiger partial charge < -0.3 is 10.2 Å². The molecular weight excluding hydrogens is 238 g/mol. The predicted molar refractivity (Wildman–Crippen MR) is 56.3 cm³/mol. The van der Waals surface area contributed by atoms with Crippen LogP contribution in [0.15, 0.2) is 0 Å². The van der Waals surface area contributed by atoms with Crippen LogP contribution in [0.25, 0.3) is 0 Å². The normalized spacial score (nSPS) is 16.8. The molecule has 0 radical (unpaired) electrons. The van der Waals surface area contributed by atoms with Gasteiger partial charge in [0.2, 0.25) is 0 Å². The average Bonchev–Trinajstić information content (AvgIpc) is 1.98. The van der Waals surface area contributed by atoms with E-state index < -0.39 is 27.6 Å². The number of carboxylic acid groups (broad SMARTS) is 1. The van der Waals surface area contributed by atoms with Crippen molar-refractivity contribution in [2.75, 3.05) is 26.9 Å². The van der Waals surface area contributed by atoms with Crippen molar-refractivity contribution in [3.8, 4) is 0 Å². The van der Waals surface area contributed by atoms with E-state index in [0.29, 0.717) is 0 Å². The zero-order valence-corrected chi connectivity index (χ0v) is 10.4. The number of carbonyl (C=O) groups is 1. The van der Waals surface area contributed by atoms with E-state index in [1.807, 2.05) is 0 Å². The zero-order chi connectivity index (χ0) is 13.2. The number of hydrogen-bond donors (Lipinski definition) is 3. The summed E-state index contributed by atoms with van der Waals surface area (Å²) in [7, 11) is 0.334. The smallest absolute Gasteiger partial charge is 0.395 e. The summed E-state index contributed by atoms with van der Waals surface area (Å²) in [5, 5.41) is 18.8. The quantitative estimate of drug-likeness (QED) is 0.324. The Balaban J connectivity index is 4.68. The van der Waals surface area contributed by atoms with Crippen LogP contribution in [0.1, 0.15) is 12.8 Å². The molecule has 0 aliphatic heterocycles. The van der Waals surface area contributed by atoms with Crippen LogP contribution in [0.4, 0.5) is 0 Å². The molecule has 0 spiro atoms. The molecule has 0 saturated heterocycles. The molecule has 8 heteroatoms. The number of aliphatic carboxylic acids is 1. The Hall–Kier alpha value is -0.700. The Morgan fingerprint density at radius 1 is 1.31 bits per heavy atom. The Morgan fingerprint density at radius 3 is 2.00 bits per heavy atom. The highest BCUT2D eigenvalue weighted by molar-refractivity contribution is 7.85. The van der Waals surface area contributed by atoms with E-state index >= 15 is 0 Å². The second kappa shape index (κ2) is 4.66. The van der Waals surface area contributed by atoms with Gasteiger partial charge in [0.25, 0.3) is 15.8 Å². The lowest BCUT2D eigenvalue weighted by Crippen LogP contribution is -2.62. The van der Waals surface area contributed by atoms with Crippen LogP contribution in [-0.4, -0.2) is 66.3 Å². The van der Waals surface area contributed by atoms with Gasteiger partial charge >= 0.3 is 5.97 Å². The molecule has 7 nitrogen and oxygen atoms in total. The highest BCUT2D eigenvalue weighted by Crippen LogP contribution is 2.22. The van der Waals surface area contributed by atoms with Crippen molar-refractivity contribution in [3.63, 3.8) is 0 Å². The van der Waals surface area contributed by atoms with Crippen LogP contribution in [0.5, 0.6) is 0 Å². The lowest BCUT2D eigenvalue weighted by molar-refractivity contribution is -0.939. The molecule has 1 atom stereocenters. The Kier molecular flexibility index (Phi) is 4.46. The van der Waals surface area contributed by atoms with Crippen LogP contribution in [0, 0.1) is 0 Å². The van der Waals surface area contributed by atoms with E-state index in [9.17, 15) is 18.3 Å². The highest BCUT2D eigenvalue weighted by atomic mass is 32.2. The maximum atomic E-state index is 10.9. The summed E-state index contributed by atoms with van der Waals surface area (Å²) in [6.07, 6.45) is -0.386. The second-order valence-corrected chi connectivity index (χ2v) is 6.10. The summed E-state index contributed by atoms with van der Waals surface area (Å²) < 4.78 is 29.2. The van der Waals surface area contributed by atoms with E-state index in [0.717, 1.165) is 0 Å². The Bertz CT molecular complexity index is 357. The topological polar surface area (TPSA) is 112 Å². The summed E-state index contributed by atoms with van der Waals surface area (Å²) in [6.45, 7) is 0. The predicted octanol–water partition coefficient (Wildman–Crippen LogP) is -0.866. The van der Waals surface area contributed by atoms with Crippen molar-refractivity contribution in [1.29, 1.82) is 0 Å². The van der Waals surface area contributed by atoms with Gasteiger partial charge in [0, 0.05) is 6.42 Å². The summed E-state index contributed by atoms with van der Waals surface area (Å²) in [4.78, 5) is 10.9. The summed E-state index contributed by atoms with van der Waals surface area (Å²) in [5.74, 6) is -1.99. The van der Waals surface area contributed by atoms with Crippen LogP contribution in [0.3, 0.4) is 0 Å². The third-order valence-electron chi connectivity index (χ3n) is 2.38. The van der Waals surface area contributed by atoms with Crippen LogP contribution in [-0.2, 0) is 14.9 Å². The molecule has 0 heterocycles. The van der Waals surface area contributed by atoms with Gasteiger partial charge in [-0.1, -0.05) is 0 Å². The number of likely N-dealkylation sites (N-methyl/N-ethyl adjacent to an activating group) is 1. The number of aliphatic hydroxyl groups is 1. The SMILES string of the molecule is C[N+](C)(C)C(O)(CCCS(=O)(=O)O)C(=O)O. The number of carboxylic acids is 1. The minimum atomic E-state index is -4.13. The van der Waals surface area contributed by atoms with Gasteiger partial charge in [-0.25, -0.2) is 4.79 Å². The van der Waals surface area contributed by atoms with Crippen molar-refractivity contribution in [2.24, 2.45) is 0 Å². The fourth-order valence-electron chi connectivity index (χ4n) is 1.23. The third-order valence-corrected chi connectivity index (χ3v) is 3.18. The lowest BCUT2D eigenvalue weighted by atomic mass is 10.1. The van der Waals surface area contributed by atoms with Crippen molar-refractivity contribution in [2.45, 2.75) is 18.6 Å². The summed E-state index contributed by atoms with van der Waals surface area (Å²) in [6, 6.07) is 0. The molecule has 3 N–H and O–H groups in total. The van der Waals surface area contributed by atoms with Gasteiger partial charge in [0.15, 0.2) is 0 Å². The monoisotopic (exact) mass is 256 g/mol. The van der Waals surface area contributed by atoms with E-state index in [4.69, 9.17) is 9.66 Å². The number of rotatable bonds is 6. The van der Waals surface area contributed by atoms with Crippen LogP contribution < -0.4 is 0 Å². The van der Waals surface area contributed by atoms with Crippen molar-refractivity contribution in [1.82, 2.24) is 0 Å². The molecule has 16 heavy (non-hydrogen) atoms. The van der Waals surface area contributed by atoms with Gasteiger partial charge in [-0.3, -0.25) is 9.04 Å². The van der Waals surface area contributed by atoms with Crippen LogP contribution in [0.2, 0.25) is 0 Å².